The molecule has 0 spiro atoms. The number of carbonyl (C=O) groups is 2. The minimum Gasteiger partial charge on any atom is -0.391 e. The number of Topliss-reactive ketones (excluding diaryl/α,β-unsaturated/α-hetero) is 1. The lowest BCUT2D eigenvalue weighted by Gasteiger charge is -2.37. The standard InChI is InChI=1S/C16H21NO3/c1-11(18)13-6-8-14(9-7-13)16(20)17-10-4-3-5-15(17)12(2)19/h6-9,12,15,19H,3-5,10H2,1-2H3/t12-,15-/m0/s1. The minimum atomic E-state index is -0.518. The summed E-state index contributed by atoms with van der Waals surface area (Å²) >= 11 is 0. The van der Waals surface area contributed by atoms with E-state index in [1.807, 2.05) is 0 Å². The molecule has 0 aliphatic carbocycles. The zero-order valence-corrected chi connectivity index (χ0v) is 12.0. The topological polar surface area (TPSA) is 57.6 Å². The molecule has 2 rings (SSSR count). The van der Waals surface area contributed by atoms with Gasteiger partial charge in [-0.3, -0.25) is 9.59 Å². The summed E-state index contributed by atoms with van der Waals surface area (Å²) in [6.45, 7) is 3.92. The molecule has 1 saturated heterocycles. The maximum absolute atomic E-state index is 12.5. The van der Waals surface area contributed by atoms with Gasteiger partial charge in [0.25, 0.3) is 5.91 Å². The number of amides is 1. The van der Waals surface area contributed by atoms with Crippen molar-refractivity contribution in [3.05, 3.63) is 35.4 Å². The van der Waals surface area contributed by atoms with Gasteiger partial charge < -0.3 is 10.0 Å². The molecule has 0 radical (unpaired) electrons. The Morgan fingerprint density at radius 1 is 1.20 bits per heavy atom. The number of likely N-dealkylation sites (tertiary alicyclic amines) is 1. The number of aliphatic hydroxyl groups is 1. The third-order valence-corrected chi connectivity index (χ3v) is 3.91. The monoisotopic (exact) mass is 275 g/mol. The fraction of sp³-hybridized carbons (Fsp3) is 0.500. The third kappa shape index (κ3) is 3.07. The molecule has 2 atom stereocenters. The Hall–Kier alpha value is -1.68. The summed E-state index contributed by atoms with van der Waals surface area (Å²) in [6.07, 6.45) is 2.34. The molecular formula is C16H21NO3. The van der Waals surface area contributed by atoms with Crippen LogP contribution in [0.1, 0.15) is 53.8 Å². The quantitative estimate of drug-likeness (QED) is 0.861. The number of hydrogen-bond donors (Lipinski definition) is 1. The Labute approximate surface area is 119 Å². The Balaban J connectivity index is 2.18. The summed E-state index contributed by atoms with van der Waals surface area (Å²) in [5.41, 5.74) is 1.18. The van der Waals surface area contributed by atoms with Gasteiger partial charge in [-0.05, 0) is 45.2 Å². The lowest BCUT2D eigenvalue weighted by molar-refractivity contribution is 0.0281. The average Bonchev–Trinajstić information content (AvgIpc) is 2.46. The molecule has 20 heavy (non-hydrogen) atoms. The predicted molar refractivity (Wildman–Crippen MR) is 76.8 cm³/mol. The van der Waals surface area contributed by atoms with Crippen LogP contribution in [-0.2, 0) is 0 Å². The maximum atomic E-state index is 12.5. The molecule has 0 saturated carbocycles. The van der Waals surface area contributed by atoms with Crippen molar-refractivity contribution in [1.82, 2.24) is 4.90 Å². The third-order valence-electron chi connectivity index (χ3n) is 3.91. The summed E-state index contributed by atoms with van der Waals surface area (Å²) in [5.74, 6) is -0.0745. The van der Waals surface area contributed by atoms with E-state index in [1.165, 1.54) is 6.92 Å². The minimum absolute atomic E-state index is 0.0103. The van der Waals surface area contributed by atoms with E-state index in [9.17, 15) is 14.7 Å². The highest BCUT2D eigenvalue weighted by molar-refractivity contribution is 5.97. The highest BCUT2D eigenvalue weighted by Gasteiger charge is 2.30. The Bertz CT molecular complexity index is 493. The molecule has 1 N–H and O–H groups in total. The highest BCUT2D eigenvalue weighted by atomic mass is 16.3. The van der Waals surface area contributed by atoms with Gasteiger partial charge in [-0.2, -0.15) is 0 Å². The van der Waals surface area contributed by atoms with Gasteiger partial charge in [0.05, 0.1) is 12.1 Å². The Morgan fingerprint density at radius 3 is 2.35 bits per heavy atom. The molecule has 1 aliphatic heterocycles. The lowest BCUT2D eigenvalue weighted by Crippen LogP contribution is -2.48. The second-order valence-electron chi connectivity index (χ2n) is 5.44. The molecule has 0 aromatic heterocycles. The fourth-order valence-electron chi connectivity index (χ4n) is 2.72. The van der Waals surface area contributed by atoms with Crippen LogP contribution in [0.4, 0.5) is 0 Å². The van der Waals surface area contributed by atoms with Crippen LogP contribution in [0.15, 0.2) is 24.3 Å². The van der Waals surface area contributed by atoms with E-state index in [0.29, 0.717) is 17.7 Å². The summed E-state index contributed by atoms with van der Waals surface area (Å²) in [6, 6.07) is 6.62. The SMILES string of the molecule is CC(=O)c1ccc(C(=O)N2CCCC[C@H]2[C@H](C)O)cc1. The van der Waals surface area contributed by atoms with Crippen LogP contribution in [-0.4, -0.2) is 40.4 Å². The number of piperidine rings is 1. The van der Waals surface area contributed by atoms with E-state index in [4.69, 9.17) is 0 Å². The first-order valence-corrected chi connectivity index (χ1v) is 7.10. The van der Waals surface area contributed by atoms with Gasteiger partial charge in [-0.15, -0.1) is 0 Å². The first-order valence-electron chi connectivity index (χ1n) is 7.10. The molecular weight excluding hydrogens is 254 g/mol. The zero-order valence-electron chi connectivity index (χ0n) is 12.0. The number of nitrogens with zero attached hydrogens (tertiary/aromatic N) is 1. The number of rotatable bonds is 3. The Morgan fingerprint density at radius 2 is 1.80 bits per heavy atom. The van der Waals surface area contributed by atoms with E-state index in [1.54, 1.807) is 36.1 Å². The molecule has 0 unspecified atom stereocenters. The molecule has 1 heterocycles. The average molecular weight is 275 g/mol. The first-order chi connectivity index (χ1) is 9.50. The molecule has 0 bridgehead atoms. The lowest BCUT2D eigenvalue weighted by atomic mass is 9.97. The molecule has 108 valence electrons. The van der Waals surface area contributed by atoms with Crippen molar-refractivity contribution in [1.29, 1.82) is 0 Å². The van der Waals surface area contributed by atoms with Crippen LogP contribution in [0.3, 0.4) is 0 Å². The predicted octanol–water partition coefficient (Wildman–Crippen LogP) is 2.26. The summed E-state index contributed by atoms with van der Waals surface area (Å²) in [4.78, 5) is 25.5. The number of hydrogen-bond acceptors (Lipinski definition) is 3. The van der Waals surface area contributed by atoms with E-state index in [-0.39, 0.29) is 17.7 Å². The van der Waals surface area contributed by atoms with Crippen LogP contribution in [0.25, 0.3) is 0 Å². The van der Waals surface area contributed by atoms with Crippen molar-refractivity contribution < 1.29 is 14.7 Å². The van der Waals surface area contributed by atoms with Gasteiger partial charge >= 0.3 is 0 Å². The van der Waals surface area contributed by atoms with Crippen molar-refractivity contribution >= 4 is 11.7 Å². The number of ketones is 1. The summed E-state index contributed by atoms with van der Waals surface area (Å²) in [7, 11) is 0. The van der Waals surface area contributed by atoms with Crippen molar-refractivity contribution in [2.45, 2.75) is 45.3 Å². The number of carbonyl (C=O) groups excluding carboxylic acids is 2. The van der Waals surface area contributed by atoms with Crippen molar-refractivity contribution in [2.75, 3.05) is 6.54 Å². The number of benzene rings is 1. The van der Waals surface area contributed by atoms with Crippen LogP contribution in [0, 0.1) is 0 Å². The van der Waals surface area contributed by atoms with Gasteiger partial charge in [-0.25, -0.2) is 0 Å². The highest BCUT2D eigenvalue weighted by Crippen LogP contribution is 2.22. The van der Waals surface area contributed by atoms with Gasteiger partial charge in [0.1, 0.15) is 0 Å². The summed E-state index contributed by atoms with van der Waals surface area (Å²) in [5, 5.41) is 9.82. The van der Waals surface area contributed by atoms with Gasteiger partial charge in [0.15, 0.2) is 5.78 Å². The molecule has 1 aliphatic rings. The molecule has 4 nitrogen and oxygen atoms in total. The van der Waals surface area contributed by atoms with Crippen molar-refractivity contribution in [3.63, 3.8) is 0 Å². The van der Waals surface area contributed by atoms with E-state index >= 15 is 0 Å². The molecule has 1 amide bonds. The molecule has 1 aromatic carbocycles. The zero-order chi connectivity index (χ0) is 14.7. The second kappa shape index (κ2) is 6.18. The normalized spacial score (nSPS) is 20.6. The van der Waals surface area contributed by atoms with Gasteiger partial charge in [-0.1, -0.05) is 12.1 Å². The number of aliphatic hydroxyl groups excluding tert-OH is 1. The van der Waals surface area contributed by atoms with Crippen molar-refractivity contribution in [2.24, 2.45) is 0 Å². The second-order valence-corrected chi connectivity index (χ2v) is 5.44. The summed E-state index contributed by atoms with van der Waals surface area (Å²) < 4.78 is 0. The molecule has 4 heteroatoms. The molecule has 1 aromatic rings. The first kappa shape index (κ1) is 14.7. The largest absolute Gasteiger partial charge is 0.391 e. The maximum Gasteiger partial charge on any atom is 0.254 e. The van der Waals surface area contributed by atoms with Crippen molar-refractivity contribution in [3.8, 4) is 0 Å². The van der Waals surface area contributed by atoms with E-state index in [2.05, 4.69) is 0 Å². The van der Waals surface area contributed by atoms with Crippen LogP contribution in [0.5, 0.6) is 0 Å². The smallest absolute Gasteiger partial charge is 0.254 e. The van der Waals surface area contributed by atoms with E-state index < -0.39 is 6.10 Å². The van der Waals surface area contributed by atoms with Crippen LogP contribution >= 0.6 is 0 Å². The van der Waals surface area contributed by atoms with E-state index in [0.717, 1.165) is 19.3 Å². The van der Waals surface area contributed by atoms with Crippen LogP contribution < -0.4 is 0 Å². The van der Waals surface area contributed by atoms with Gasteiger partial charge in [0.2, 0.25) is 0 Å². The van der Waals surface area contributed by atoms with Crippen LogP contribution in [0.2, 0.25) is 0 Å². The fourth-order valence-corrected chi connectivity index (χ4v) is 2.72. The Kier molecular flexibility index (Phi) is 4.55. The molecule has 1 fully saturated rings. The van der Waals surface area contributed by atoms with Gasteiger partial charge in [0, 0.05) is 17.7 Å².